The summed E-state index contributed by atoms with van der Waals surface area (Å²) in [6, 6.07) is 18.4. The number of ether oxygens (including phenoxy) is 1. The fourth-order valence-corrected chi connectivity index (χ4v) is 2.29. The summed E-state index contributed by atoms with van der Waals surface area (Å²) in [6.07, 6.45) is 0. The summed E-state index contributed by atoms with van der Waals surface area (Å²) in [5.74, 6) is -0.344. The number of rotatable bonds is 5. The van der Waals surface area contributed by atoms with Gasteiger partial charge in [0.05, 0.1) is 5.69 Å². The molecule has 0 aliphatic carbocycles. The first kappa shape index (κ1) is 17.2. The van der Waals surface area contributed by atoms with Crippen LogP contribution in [0, 0.1) is 6.92 Å². The molecule has 0 saturated heterocycles. The van der Waals surface area contributed by atoms with Gasteiger partial charge >= 0.3 is 0 Å². The van der Waals surface area contributed by atoms with Gasteiger partial charge in [-0.15, -0.1) is 0 Å². The number of benzene rings is 2. The molecule has 2 aromatic carbocycles. The molecule has 3 aromatic rings. The maximum absolute atomic E-state index is 12.1. The van der Waals surface area contributed by atoms with E-state index in [2.05, 4.69) is 21.0 Å². The third-order valence-corrected chi connectivity index (χ3v) is 3.66. The Morgan fingerprint density at radius 3 is 2.54 bits per heavy atom. The molecule has 0 unspecified atom stereocenters. The first-order chi connectivity index (χ1) is 12.6. The lowest BCUT2D eigenvalue weighted by atomic mass is 10.1. The Bertz CT molecular complexity index is 906. The number of hydrogen-bond donors (Lipinski definition) is 3. The average Bonchev–Trinajstić information content (AvgIpc) is 3.16. The summed E-state index contributed by atoms with van der Waals surface area (Å²) in [5, 5.41) is 6.75. The van der Waals surface area contributed by atoms with E-state index in [0.29, 0.717) is 11.4 Å². The number of nitrogens with zero attached hydrogens (tertiary/aromatic N) is 1. The molecule has 2 amide bonds. The molecule has 3 rings (SSSR count). The van der Waals surface area contributed by atoms with Crippen LogP contribution in [0.4, 0.5) is 0 Å². The van der Waals surface area contributed by atoms with Crippen LogP contribution >= 0.6 is 0 Å². The Kier molecular flexibility index (Phi) is 5.28. The molecule has 0 bridgehead atoms. The molecule has 0 aliphatic rings. The topological polar surface area (TPSA) is 96.1 Å². The van der Waals surface area contributed by atoms with Crippen LogP contribution in [0.15, 0.2) is 60.7 Å². The van der Waals surface area contributed by atoms with Crippen molar-refractivity contribution in [3.63, 3.8) is 0 Å². The first-order valence-corrected chi connectivity index (χ1v) is 8.02. The minimum absolute atomic E-state index is 0.205. The van der Waals surface area contributed by atoms with Gasteiger partial charge in [-0.1, -0.05) is 48.5 Å². The molecule has 132 valence electrons. The molecule has 0 atom stereocenters. The van der Waals surface area contributed by atoms with Crippen molar-refractivity contribution in [3.8, 4) is 17.0 Å². The van der Waals surface area contributed by atoms with Crippen molar-refractivity contribution in [2.24, 2.45) is 0 Å². The SMILES string of the molecule is Cc1ccccc1OCC(=O)NNC(=O)c1cc(-c2ccccc2)n[nH]1. The monoisotopic (exact) mass is 350 g/mol. The Balaban J connectivity index is 1.50. The molecule has 1 heterocycles. The van der Waals surface area contributed by atoms with Gasteiger partial charge in [-0.3, -0.25) is 25.5 Å². The van der Waals surface area contributed by atoms with Gasteiger partial charge in [0.1, 0.15) is 11.4 Å². The summed E-state index contributed by atoms with van der Waals surface area (Å²) in [7, 11) is 0. The van der Waals surface area contributed by atoms with Crippen molar-refractivity contribution >= 4 is 11.8 Å². The summed E-state index contributed by atoms with van der Waals surface area (Å²) in [5.41, 5.74) is 7.33. The second-order valence-electron chi connectivity index (χ2n) is 5.59. The van der Waals surface area contributed by atoms with E-state index in [9.17, 15) is 9.59 Å². The molecule has 3 N–H and O–H groups in total. The van der Waals surface area contributed by atoms with Crippen molar-refractivity contribution < 1.29 is 14.3 Å². The number of hydrazine groups is 1. The molecule has 7 nitrogen and oxygen atoms in total. The summed E-state index contributed by atoms with van der Waals surface area (Å²) in [6.45, 7) is 1.68. The number of para-hydroxylation sites is 1. The van der Waals surface area contributed by atoms with Crippen LogP contribution < -0.4 is 15.6 Å². The molecule has 7 heteroatoms. The highest BCUT2D eigenvalue weighted by molar-refractivity contribution is 5.94. The number of aromatic amines is 1. The highest BCUT2D eigenvalue weighted by Crippen LogP contribution is 2.17. The predicted octanol–water partition coefficient (Wildman–Crippen LogP) is 2.23. The van der Waals surface area contributed by atoms with Crippen LogP contribution in [0.2, 0.25) is 0 Å². The number of aryl methyl sites for hydroxylation is 1. The Labute approximate surface area is 150 Å². The van der Waals surface area contributed by atoms with Gasteiger partial charge in [-0.05, 0) is 24.6 Å². The van der Waals surface area contributed by atoms with E-state index in [0.717, 1.165) is 11.1 Å². The molecular weight excluding hydrogens is 332 g/mol. The lowest BCUT2D eigenvalue weighted by Crippen LogP contribution is -2.44. The molecular formula is C19H18N4O3. The third-order valence-electron chi connectivity index (χ3n) is 3.66. The molecule has 0 fully saturated rings. The maximum Gasteiger partial charge on any atom is 0.287 e. The molecule has 0 saturated carbocycles. The molecule has 26 heavy (non-hydrogen) atoms. The minimum Gasteiger partial charge on any atom is -0.483 e. The molecule has 1 aromatic heterocycles. The van der Waals surface area contributed by atoms with Crippen LogP contribution in [-0.4, -0.2) is 28.6 Å². The zero-order chi connectivity index (χ0) is 18.4. The van der Waals surface area contributed by atoms with Crippen molar-refractivity contribution in [1.82, 2.24) is 21.0 Å². The van der Waals surface area contributed by atoms with Crippen molar-refractivity contribution in [2.75, 3.05) is 6.61 Å². The number of carbonyl (C=O) groups excluding carboxylic acids is 2. The van der Waals surface area contributed by atoms with Gasteiger partial charge in [0.25, 0.3) is 11.8 Å². The lowest BCUT2D eigenvalue weighted by molar-refractivity contribution is -0.123. The van der Waals surface area contributed by atoms with Crippen molar-refractivity contribution in [2.45, 2.75) is 6.92 Å². The highest BCUT2D eigenvalue weighted by atomic mass is 16.5. The summed E-state index contributed by atoms with van der Waals surface area (Å²) < 4.78 is 5.42. The number of nitrogens with one attached hydrogen (secondary N) is 3. The zero-order valence-corrected chi connectivity index (χ0v) is 14.2. The number of amides is 2. The molecule has 0 radical (unpaired) electrons. The quantitative estimate of drug-likeness (QED) is 0.615. The third kappa shape index (κ3) is 4.27. The van der Waals surface area contributed by atoms with Gasteiger partial charge in [-0.25, -0.2) is 0 Å². The summed E-state index contributed by atoms with van der Waals surface area (Å²) >= 11 is 0. The molecule has 0 aliphatic heterocycles. The van der Waals surface area contributed by atoms with Gasteiger partial charge < -0.3 is 4.74 Å². The van der Waals surface area contributed by atoms with E-state index >= 15 is 0 Å². The minimum atomic E-state index is -0.496. The zero-order valence-electron chi connectivity index (χ0n) is 14.2. The standard InChI is InChI=1S/C19H18N4O3/c1-13-7-5-6-10-17(13)26-12-18(24)22-23-19(25)16-11-15(20-21-16)14-8-3-2-4-9-14/h2-11H,12H2,1H3,(H,20,21)(H,22,24)(H,23,25). The van der Waals surface area contributed by atoms with Crippen molar-refractivity contribution in [3.05, 3.63) is 71.9 Å². The number of aromatic nitrogens is 2. The fourth-order valence-electron chi connectivity index (χ4n) is 2.29. The number of carbonyl (C=O) groups is 2. The first-order valence-electron chi connectivity index (χ1n) is 8.02. The highest BCUT2D eigenvalue weighted by Gasteiger charge is 2.12. The number of hydrogen-bond acceptors (Lipinski definition) is 4. The largest absolute Gasteiger partial charge is 0.483 e. The van der Waals surface area contributed by atoms with E-state index in [1.165, 1.54) is 0 Å². The van der Waals surface area contributed by atoms with E-state index in [4.69, 9.17) is 4.74 Å². The lowest BCUT2D eigenvalue weighted by Gasteiger charge is -2.09. The van der Waals surface area contributed by atoms with E-state index in [1.807, 2.05) is 55.5 Å². The van der Waals surface area contributed by atoms with Gasteiger partial charge in [0.2, 0.25) is 0 Å². The average molecular weight is 350 g/mol. The van der Waals surface area contributed by atoms with E-state index in [-0.39, 0.29) is 12.3 Å². The van der Waals surface area contributed by atoms with Gasteiger partial charge in [0.15, 0.2) is 6.61 Å². The van der Waals surface area contributed by atoms with Gasteiger partial charge in [0, 0.05) is 5.56 Å². The van der Waals surface area contributed by atoms with Crippen LogP contribution in [0.1, 0.15) is 16.1 Å². The van der Waals surface area contributed by atoms with Crippen LogP contribution in [0.5, 0.6) is 5.75 Å². The second kappa shape index (κ2) is 7.98. The maximum atomic E-state index is 12.1. The van der Waals surface area contributed by atoms with E-state index < -0.39 is 11.8 Å². The van der Waals surface area contributed by atoms with E-state index in [1.54, 1.807) is 12.1 Å². The Hall–Kier alpha value is -3.61. The fraction of sp³-hybridized carbons (Fsp3) is 0.105. The Morgan fingerprint density at radius 2 is 1.77 bits per heavy atom. The van der Waals surface area contributed by atoms with Crippen LogP contribution in [-0.2, 0) is 4.79 Å². The Morgan fingerprint density at radius 1 is 1.04 bits per heavy atom. The predicted molar refractivity (Wildman–Crippen MR) is 96.3 cm³/mol. The number of H-pyrrole nitrogens is 1. The van der Waals surface area contributed by atoms with Crippen molar-refractivity contribution in [1.29, 1.82) is 0 Å². The summed E-state index contributed by atoms with van der Waals surface area (Å²) in [4.78, 5) is 23.9. The van der Waals surface area contributed by atoms with Crippen LogP contribution in [0.3, 0.4) is 0 Å². The molecule has 0 spiro atoms. The second-order valence-corrected chi connectivity index (χ2v) is 5.59. The van der Waals surface area contributed by atoms with Crippen LogP contribution in [0.25, 0.3) is 11.3 Å². The normalized spacial score (nSPS) is 10.2. The van der Waals surface area contributed by atoms with Gasteiger partial charge in [-0.2, -0.15) is 5.10 Å². The smallest absolute Gasteiger partial charge is 0.287 e.